The molecule has 0 atom stereocenters. The number of allylic oxidation sites excluding steroid dienone is 1. The summed E-state index contributed by atoms with van der Waals surface area (Å²) in [6.07, 6.45) is 16.0. The van der Waals surface area contributed by atoms with Crippen LogP contribution < -0.4 is 0 Å². The summed E-state index contributed by atoms with van der Waals surface area (Å²) in [6, 6.07) is 0. The third-order valence-electron chi connectivity index (χ3n) is 6.08. The molecule has 2 saturated carbocycles. The molecular formula is C20H34O2. The van der Waals surface area contributed by atoms with E-state index in [1.165, 1.54) is 51.4 Å². The molecule has 0 aromatic rings. The zero-order chi connectivity index (χ0) is 15.9. The highest BCUT2D eigenvalue weighted by Crippen LogP contribution is 2.38. The van der Waals surface area contributed by atoms with Crippen LogP contribution in [0.15, 0.2) is 11.6 Å². The van der Waals surface area contributed by atoms with Crippen LogP contribution in [0.3, 0.4) is 0 Å². The first-order valence-electron chi connectivity index (χ1n) is 9.53. The summed E-state index contributed by atoms with van der Waals surface area (Å²) in [5.41, 5.74) is 0.683. The lowest BCUT2D eigenvalue weighted by atomic mass is 9.74. The zero-order valence-corrected chi connectivity index (χ0v) is 14.5. The van der Waals surface area contributed by atoms with Crippen LogP contribution in [-0.2, 0) is 4.79 Å². The molecule has 0 saturated heterocycles. The minimum Gasteiger partial charge on any atom is -0.478 e. The maximum absolute atomic E-state index is 11.4. The fraction of sp³-hybridized carbons (Fsp3) is 0.850. The first-order valence-corrected chi connectivity index (χ1v) is 9.53. The van der Waals surface area contributed by atoms with E-state index in [-0.39, 0.29) is 0 Å². The standard InChI is InChI=1S/C20H34O2/c1-3-4-19(20(21)22)18-13-11-17(12-14-18)10-9-16-7-5-15(2)6-8-16/h4,15-18H,3,5-14H2,1-2H3,(H,21,22). The minimum absolute atomic E-state index is 0.309. The second-order valence-corrected chi connectivity index (χ2v) is 7.79. The summed E-state index contributed by atoms with van der Waals surface area (Å²) < 4.78 is 0. The summed E-state index contributed by atoms with van der Waals surface area (Å²) in [6.45, 7) is 4.42. The van der Waals surface area contributed by atoms with Gasteiger partial charge in [0.15, 0.2) is 0 Å². The molecule has 0 amide bonds. The second-order valence-electron chi connectivity index (χ2n) is 7.79. The van der Waals surface area contributed by atoms with Crippen molar-refractivity contribution in [3.63, 3.8) is 0 Å². The van der Waals surface area contributed by atoms with Crippen LogP contribution in [0.25, 0.3) is 0 Å². The Hall–Kier alpha value is -0.790. The van der Waals surface area contributed by atoms with Gasteiger partial charge in [-0.05, 0) is 55.8 Å². The van der Waals surface area contributed by atoms with E-state index in [1.54, 1.807) is 0 Å². The molecule has 0 bridgehead atoms. The van der Waals surface area contributed by atoms with Crippen LogP contribution in [0.1, 0.15) is 84.5 Å². The SMILES string of the molecule is CCC=C(C(=O)O)C1CCC(CCC2CCC(C)CC2)CC1. The maximum Gasteiger partial charge on any atom is 0.331 e. The molecule has 2 heteroatoms. The van der Waals surface area contributed by atoms with Crippen LogP contribution >= 0.6 is 0 Å². The highest BCUT2D eigenvalue weighted by molar-refractivity contribution is 5.87. The van der Waals surface area contributed by atoms with Gasteiger partial charge in [0.2, 0.25) is 0 Å². The molecule has 2 aliphatic carbocycles. The van der Waals surface area contributed by atoms with Crippen LogP contribution in [0.4, 0.5) is 0 Å². The molecule has 0 aromatic heterocycles. The van der Waals surface area contributed by atoms with Gasteiger partial charge in [-0.3, -0.25) is 0 Å². The molecule has 22 heavy (non-hydrogen) atoms. The Kier molecular flexibility index (Phi) is 6.98. The number of hydrogen-bond acceptors (Lipinski definition) is 1. The Morgan fingerprint density at radius 1 is 0.955 bits per heavy atom. The van der Waals surface area contributed by atoms with E-state index in [0.717, 1.165) is 37.0 Å². The van der Waals surface area contributed by atoms with Gasteiger partial charge in [0.1, 0.15) is 0 Å². The summed E-state index contributed by atoms with van der Waals surface area (Å²) in [4.78, 5) is 11.4. The number of aliphatic carboxylic acids is 1. The maximum atomic E-state index is 11.4. The van der Waals surface area contributed by atoms with Gasteiger partial charge in [-0.25, -0.2) is 4.79 Å². The van der Waals surface area contributed by atoms with Crippen molar-refractivity contribution in [2.24, 2.45) is 23.7 Å². The Balaban J connectivity index is 1.71. The number of carboxylic acids is 1. The van der Waals surface area contributed by atoms with E-state index in [4.69, 9.17) is 0 Å². The predicted molar refractivity (Wildman–Crippen MR) is 91.8 cm³/mol. The normalized spacial score (nSPS) is 33.6. The fourth-order valence-electron chi connectivity index (χ4n) is 4.50. The Labute approximate surface area is 136 Å². The Bertz CT molecular complexity index is 369. The quantitative estimate of drug-likeness (QED) is 0.628. The van der Waals surface area contributed by atoms with Crippen molar-refractivity contribution in [1.82, 2.24) is 0 Å². The van der Waals surface area contributed by atoms with Crippen LogP contribution in [-0.4, -0.2) is 11.1 Å². The monoisotopic (exact) mass is 306 g/mol. The molecule has 0 spiro atoms. The Morgan fingerprint density at radius 3 is 1.91 bits per heavy atom. The van der Waals surface area contributed by atoms with Gasteiger partial charge in [0.05, 0.1) is 0 Å². The van der Waals surface area contributed by atoms with Crippen molar-refractivity contribution in [2.75, 3.05) is 0 Å². The third kappa shape index (κ3) is 5.14. The van der Waals surface area contributed by atoms with E-state index in [1.807, 2.05) is 13.0 Å². The van der Waals surface area contributed by atoms with E-state index in [9.17, 15) is 9.90 Å². The molecule has 2 nitrogen and oxygen atoms in total. The van der Waals surface area contributed by atoms with E-state index >= 15 is 0 Å². The lowest BCUT2D eigenvalue weighted by Crippen LogP contribution is -2.21. The lowest BCUT2D eigenvalue weighted by molar-refractivity contribution is -0.133. The molecule has 0 radical (unpaired) electrons. The fourth-order valence-corrected chi connectivity index (χ4v) is 4.50. The van der Waals surface area contributed by atoms with Crippen molar-refractivity contribution >= 4 is 5.97 Å². The van der Waals surface area contributed by atoms with Gasteiger partial charge < -0.3 is 5.11 Å². The van der Waals surface area contributed by atoms with Gasteiger partial charge >= 0.3 is 5.97 Å². The van der Waals surface area contributed by atoms with Gasteiger partial charge in [-0.15, -0.1) is 0 Å². The average molecular weight is 306 g/mol. The van der Waals surface area contributed by atoms with Crippen molar-refractivity contribution in [3.05, 3.63) is 11.6 Å². The molecule has 2 aliphatic rings. The number of carboxylic acid groups (broad SMARTS) is 1. The summed E-state index contributed by atoms with van der Waals surface area (Å²) in [7, 11) is 0. The molecule has 0 unspecified atom stereocenters. The lowest BCUT2D eigenvalue weighted by Gasteiger charge is -2.31. The highest BCUT2D eigenvalue weighted by atomic mass is 16.4. The Morgan fingerprint density at radius 2 is 1.45 bits per heavy atom. The number of hydrogen-bond donors (Lipinski definition) is 1. The number of rotatable bonds is 6. The van der Waals surface area contributed by atoms with Crippen molar-refractivity contribution in [2.45, 2.75) is 84.5 Å². The van der Waals surface area contributed by atoms with Crippen molar-refractivity contribution in [1.29, 1.82) is 0 Å². The van der Waals surface area contributed by atoms with Gasteiger partial charge in [0, 0.05) is 5.57 Å². The summed E-state index contributed by atoms with van der Waals surface area (Å²) >= 11 is 0. The van der Waals surface area contributed by atoms with Crippen LogP contribution in [0.5, 0.6) is 0 Å². The first kappa shape index (κ1) is 17.6. The molecule has 0 aromatic carbocycles. The zero-order valence-electron chi connectivity index (χ0n) is 14.5. The van der Waals surface area contributed by atoms with E-state index in [2.05, 4.69) is 6.92 Å². The summed E-state index contributed by atoms with van der Waals surface area (Å²) in [5, 5.41) is 9.35. The van der Waals surface area contributed by atoms with Gasteiger partial charge in [-0.2, -0.15) is 0 Å². The van der Waals surface area contributed by atoms with Gasteiger partial charge in [-0.1, -0.05) is 58.4 Å². The van der Waals surface area contributed by atoms with Crippen molar-refractivity contribution in [3.8, 4) is 0 Å². The molecule has 2 fully saturated rings. The predicted octanol–water partition coefficient (Wildman–Crippen LogP) is 5.82. The highest BCUT2D eigenvalue weighted by Gasteiger charge is 2.27. The second kappa shape index (κ2) is 8.74. The first-order chi connectivity index (χ1) is 10.6. The topological polar surface area (TPSA) is 37.3 Å². The van der Waals surface area contributed by atoms with Gasteiger partial charge in [0.25, 0.3) is 0 Å². The van der Waals surface area contributed by atoms with Crippen LogP contribution in [0.2, 0.25) is 0 Å². The average Bonchev–Trinajstić information content (AvgIpc) is 2.52. The third-order valence-corrected chi connectivity index (χ3v) is 6.08. The smallest absolute Gasteiger partial charge is 0.331 e. The molecule has 126 valence electrons. The molecule has 0 heterocycles. The molecule has 2 rings (SSSR count). The minimum atomic E-state index is -0.693. The largest absolute Gasteiger partial charge is 0.478 e. The molecule has 0 aliphatic heterocycles. The summed E-state index contributed by atoms with van der Waals surface area (Å²) in [5.74, 6) is 2.40. The van der Waals surface area contributed by atoms with E-state index in [0.29, 0.717) is 11.5 Å². The molecule has 1 N–H and O–H groups in total. The van der Waals surface area contributed by atoms with Crippen LogP contribution in [0, 0.1) is 23.7 Å². The van der Waals surface area contributed by atoms with E-state index < -0.39 is 5.97 Å². The number of carbonyl (C=O) groups is 1. The van der Waals surface area contributed by atoms with Crippen molar-refractivity contribution < 1.29 is 9.90 Å². The molecular weight excluding hydrogens is 272 g/mol.